The summed E-state index contributed by atoms with van der Waals surface area (Å²) in [4.78, 5) is 17.8. The van der Waals surface area contributed by atoms with Gasteiger partial charge >= 0.3 is 0 Å². The fourth-order valence-corrected chi connectivity index (χ4v) is 4.91. The number of hydrogen-bond donors (Lipinski definition) is 1. The molecule has 0 unspecified atom stereocenters. The van der Waals surface area contributed by atoms with Crippen molar-refractivity contribution < 1.29 is 9.53 Å². The predicted octanol–water partition coefficient (Wildman–Crippen LogP) is 6.42. The first kappa shape index (κ1) is 19.6. The summed E-state index contributed by atoms with van der Waals surface area (Å²) in [7, 11) is 0. The van der Waals surface area contributed by atoms with E-state index in [1.807, 2.05) is 36.6 Å². The molecule has 0 aliphatic carbocycles. The van der Waals surface area contributed by atoms with Crippen molar-refractivity contribution in [3.63, 3.8) is 0 Å². The Morgan fingerprint density at radius 1 is 1.10 bits per heavy atom. The predicted molar refractivity (Wildman–Crippen MR) is 122 cm³/mol. The van der Waals surface area contributed by atoms with Gasteiger partial charge in [0.25, 0.3) is 5.91 Å². The third kappa shape index (κ3) is 4.18. The van der Waals surface area contributed by atoms with E-state index in [4.69, 9.17) is 4.74 Å². The van der Waals surface area contributed by atoms with Crippen molar-refractivity contribution in [1.82, 2.24) is 4.98 Å². The maximum atomic E-state index is 12.6. The van der Waals surface area contributed by atoms with Crippen molar-refractivity contribution in [2.24, 2.45) is 0 Å². The molecule has 6 heteroatoms. The number of amides is 1. The molecule has 0 aliphatic rings. The molecule has 1 N–H and O–H groups in total. The van der Waals surface area contributed by atoms with Gasteiger partial charge in [-0.25, -0.2) is 4.98 Å². The lowest BCUT2D eigenvalue weighted by atomic mass is 10.1. The molecule has 2 aromatic heterocycles. The van der Waals surface area contributed by atoms with Crippen LogP contribution < -0.4 is 10.1 Å². The molecule has 4 aromatic rings. The van der Waals surface area contributed by atoms with Crippen molar-refractivity contribution in [2.75, 3.05) is 5.32 Å². The minimum Gasteiger partial charge on any atom is -0.489 e. The SMILES string of the molecule is Cc1cc(C)c(C)c(OCc2csc(C(=O)Nc3nc4c(C)cccc4s3)c2)c1. The summed E-state index contributed by atoms with van der Waals surface area (Å²) >= 11 is 2.91. The summed E-state index contributed by atoms with van der Waals surface area (Å²) < 4.78 is 7.09. The quantitative estimate of drug-likeness (QED) is 0.403. The Balaban J connectivity index is 1.44. The molecule has 29 heavy (non-hydrogen) atoms. The lowest BCUT2D eigenvalue weighted by Gasteiger charge is -2.11. The fourth-order valence-electron chi connectivity index (χ4n) is 3.18. The van der Waals surface area contributed by atoms with Crippen molar-refractivity contribution in [1.29, 1.82) is 0 Å². The number of thiazole rings is 1. The summed E-state index contributed by atoms with van der Waals surface area (Å²) in [6.07, 6.45) is 0. The van der Waals surface area contributed by atoms with Crippen LogP contribution in [0.5, 0.6) is 5.75 Å². The van der Waals surface area contributed by atoms with Gasteiger partial charge in [0, 0.05) is 5.56 Å². The number of anilines is 1. The monoisotopic (exact) mass is 422 g/mol. The van der Waals surface area contributed by atoms with Crippen molar-refractivity contribution in [3.05, 3.63) is 74.5 Å². The molecule has 4 nitrogen and oxygen atoms in total. The third-order valence-corrected chi connectivity index (χ3v) is 6.79. The van der Waals surface area contributed by atoms with Gasteiger partial charge in [-0.2, -0.15) is 0 Å². The zero-order valence-electron chi connectivity index (χ0n) is 16.8. The molecule has 0 aliphatic heterocycles. The topological polar surface area (TPSA) is 51.2 Å². The number of aromatic nitrogens is 1. The van der Waals surface area contributed by atoms with Gasteiger partial charge in [-0.1, -0.05) is 29.5 Å². The Labute approximate surface area is 178 Å². The van der Waals surface area contributed by atoms with Gasteiger partial charge in [0.05, 0.1) is 15.1 Å². The van der Waals surface area contributed by atoms with Crippen LogP contribution in [0.2, 0.25) is 0 Å². The number of nitrogens with zero attached hydrogens (tertiary/aromatic N) is 1. The minimum atomic E-state index is -0.138. The summed E-state index contributed by atoms with van der Waals surface area (Å²) in [6.45, 7) is 8.68. The number of thiophene rings is 1. The first-order chi connectivity index (χ1) is 13.9. The van der Waals surface area contributed by atoms with Gasteiger partial charge in [-0.3, -0.25) is 10.1 Å². The Morgan fingerprint density at radius 3 is 2.72 bits per heavy atom. The molecule has 2 aromatic carbocycles. The molecule has 0 bridgehead atoms. The van der Waals surface area contributed by atoms with Gasteiger partial charge < -0.3 is 4.74 Å². The maximum Gasteiger partial charge on any atom is 0.267 e. The first-order valence-electron chi connectivity index (χ1n) is 9.36. The van der Waals surface area contributed by atoms with E-state index in [0.717, 1.165) is 32.7 Å². The molecule has 148 valence electrons. The highest BCUT2D eigenvalue weighted by Crippen LogP contribution is 2.29. The second-order valence-corrected chi connectivity index (χ2v) is 9.15. The second-order valence-electron chi connectivity index (χ2n) is 7.21. The van der Waals surface area contributed by atoms with Crippen molar-refractivity contribution in [2.45, 2.75) is 34.3 Å². The number of hydrogen-bond acceptors (Lipinski definition) is 5. The first-order valence-corrected chi connectivity index (χ1v) is 11.1. The molecular formula is C23H22N2O2S2. The van der Waals surface area contributed by atoms with Crippen LogP contribution in [-0.4, -0.2) is 10.9 Å². The number of para-hydroxylation sites is 1. The zero-order chi connectivity index (χ0) is 20.5. The third-order valence-electron chi connectivity index (χ3n) is 4.88. The van der Waals surface area contributed by atoms with E-state index >= 15 is 0 Å². The number of carbonyl (C=O) groups excluding carboxylic acids is 1. The van der Waals surface area contributed by atoms with Crippen LogP contribution >= 0.6 is 22.7 Å². The number of nitrogens with one attached hydrogen (secondary N) is 1. The summed E-state index contributed by atoms with van der Waals surface area (Å²) in [6, 6.07) is 12.1. The van der Waals surface area contributed by atoms with Crippen molar-refractivity contribution >= 4 is 43.9 Å². The van der Waals surface area contributed by atoms with Gasteiger partial charge in [-0.05, 0) is 73.5 Å². The lowest BCUT2D eigenvalue weighted by molar-refractivity contribution is 0.103. The number of aryl methyl sites for hydroxylation is 3. The standard InChI is InChI=1S/C23H22N2O2S2/c1-13-8-15(3)16(4)18(9-13)27-11-17-10-20(28-12-17)22(26)25-23-24-21-14(2)6-5-7-19(21)29-23/h5-10,12H,11H2,1-4H3,(H,24,25,26). The number of fused-ring (bicyclic) bond motifs is 1. The van der Waals surface area contributed by atoms with Crippen LogP contribution in [0.25, 0.3) is 10.2 Å². The van der Waals surface area contributed by atoms with E-state index < -0.39 is 0 Å². The summed E-state index contributed by atoms with van der Waals surface area (Å²) in [5, 5.41) is 5.51. The van der Waals surface area contributed by atoms with Gasteiger partial charge in [0.1, 0.15) is 12.4 Å². The van der Waals surface area contributed by atoms with Gasteiger partial charge in [0.15, 0.2) is 5.13 Å². The second kappa shape index (κ2) is 7.97. The van der Waals surface area contributed by atoms with Crippen molar-refractivity contribution in [3.8, 4) is 5.75 Å². The van der Waals surface area contributed by atoms with E-state index in [9.17, 15) is 4.79 Å². The van der Waals surface area contributed by atoms with Crippen LogP contribution in [0.15, 0.2) is 41.8 Å². The van der Waals surface area contributed by atoms with Crippen LogP contribution in [-0.2, 0) is 6.61 Å². The number of carbonyl (C=O) groups is 1. The van der Waals surface area contributed by atoms with Crippen LogP contribution in [0, 0.1) is 27.7 Å². The Kier molecular flexibility index (Phi) is 5.39. The average Bonchev–Trinajstić information content (AvgIpc) is 3.31. The molecule has 1 amide bonds. The van der Waals surface area contributed by atoms with E-state index in [1.54, 1.807) is 0 Å². The molecule has 0 saturated carbocycles. The Bertz CT molecular complexity index is 1210. The Hall–Kier alpha value is -2.70. The highest BCUT2D eigenvalue weighted by Gasteiger charge is 2.14. The smallest absolute Gasteiger partial charge is 0.267 e. The Morgan fingerprint density at radius 2 is 1.93 bits per heavy atom. The highest BCUT2D eigenvalue weighted by molar-refractivity contribution is 7.22. The lowest BCUT2D eigenvalue weighted by Crippen LogP contribution is -2.09. The molecule has 0 radical (unpaired) electrons. The van der Waals surface area contributed by atoms with Crippen LogP contribution in [0.4, 0.5) is 5.13 Å². The normalized spacial score (nSPS) is 11.0. The van der Waals surface area contributed by atoms with Gasteiger partial charge in [0.2, 0.25) is 0 Å². The molecule has 0 atom stereocenters. The average molecular weight is 423 g/mol. The zero-order valence-corrected chi connectivity index (χ0v) is 18.5. The number of benzene rings is 2. The van der Waals surface area contributed by atoms with E-state index in [1.165, 1.54) is 33.8 Å². The highest BCUT2D eigenvalue weighted by atomic mass is 32.1. The molecule has 0 spiro atoms. The van der Waals surface area contributed by atoms with E-state index in [0.29, 0.717) is 16.6 Å². The molecular weight excluding hydrogens is 400 g/mol. The van der Waals surface area contributed by atoms with E-state index in [2.05, 4.69) is 43.2 Å². The maximum absolute atomic E-state index is 12.6. The van der Waals surface area contributed by atoms with Crippen LogP contribution in [0.3, 0.4) is 0 Å². The summed E-state index contributed by atoms with van der Waals surface area (Å²) in [5.74, 6) is 0.755. The largest absolute Gasteiger partial charge is 0.489 e. The molecule has 2 heterocycles. The molecule has 0 fully saturated rings. The fraction of sp³-hybridized carbons (Fsp3) is 0.217. The van der Waals surface area contributed by atoms with E-state index in [-0.39, 0.29) is 5.91 Å². The number of ether oxygens (including phenoxy) is 1. The van der Waals surface area contributed by atoms with Crippen LogP contribution in [0.1, 0.15) is 37.5 Å². The number of rotatable bonds is 5. The molecule has 0 saturated heterocycles. The summed E-state index contributed by atoms with van der Waals surface area (Å²) in [5.41, 5.74) is 6.58. The molecule has 4 rings (SSSR count). The minimum absolute atomic E-state index is 0.138. The van der Waals surface area contributed by atoms with Gasteiger partial charge in [-0.15, -0.1) is 11.3 Å².